The van der Waals surface area contributed by atoms with Gasteiger partial charge in [-0.1, -0.05) is 129 Å². The molecule has 13 nitrogen and oxygen atoms in total. The Morgan fingerprint density at radius 3 is 2.00 bits per heavy atom. The van der Waals surface area contributed by atoms with Gasteiger partial charge >= 0.3 is 18.0 Å². The number of carboxylic acids is 1. The molecular weight excluding hydrogens is 773 g/mol. The van der Waals surface area contributed by atoms with Crippen LogP contribution < -0.4 is 10.6 Å². The highest BCUT2D eigenvalue weighted by Gasteiger charge is 2.36. The molecule has 59 heavy (non-hydrogen) atoms. The summed E-state index contributed by atoms with van der Waals surface area (Å²) in [5.74, 6) is -4.08. The summed E-state index contributed by atoms with van der Waals surface area (Å²) in [5.41, 5.74) is 3.56. The van der Waals surface area contributed by atoms with Crippen LogP contribution in [-0.2, 0) is 54.3 Å². The summed E-state index contributed by atoms with van der Waals surface area (Å²) in [6, 6.07) is 34.4. The summed E-state index contributed by atoms with van der Waals surface area (Å²) in [6.45, 7) is 5.34. The van der Waals surface area contributed by atoms with Crippen LogP contribution in [0, 0.1) is 11.8 Å². The standard InChI is InChI=1S/C45H50N3O10P/c1-4-41(50)56-44(30(2)3)58-59(40(25-31-14-8-5-9-15-31)47-45(54)55-28-33-16-10-6-11-17-33)29-35(26-37-27-38(48-57-37)34-18-12-7-13-19-34)42(51)46-39(43(52)53)24-32-20-22-36(49)23-21-32/h5-23,27,30,35,39-40,44,49H,4,24-26,28-29H2,1-3H3,(H,46,51)(H,47,54)(H,52,53)/t35-,39?,40-,44?,59?/m1/s1. The Kier molecular flexibility index (Phi) is 16.6. The number of hydrogen-bond acceptors (Lipinski definition) is 10. The topological polar surface area (TPSA) is 187 Å². The van der Waals surface area contributed by atoms with Crippen LogP contribution in [-0.4, -0.2) is 63.6 Å². The molecule has 1 aromatic heterocycles. The first kappa shape index (κ1) is 44.1. The molecule has 4 N–H and O–H groups in total. The summed E-state index contributed by atoms with van der Waals surface area (Å²) in [6.07, 6.45) is -1.52. The number of nitrogens with one attached hydrogen (secondary N) is 2. The Balaban J connectivity index is 1.52. The lowest BCUT2D eigenvalue weighted by molar-refractivity contribution is -0.168. The van der Waals surface area contributed by atoms with Crippen molar-refractivity contribution in [3.05, 3.63) is 144 Å². The molecule has 0 bridgehead atoms. The fraction of sp³-hybridized carbons (Fsp3) is 0.311. The number of carboxylic acid groups (broad SMARTS) is 1. The van der Waals surface area contributed by atoms with Crippen molar-refractivity contribution in [1.29, 1.82) is 0 Å². The normalized spacial score (nSPS) is 13.7. The molecule has 0 radical (unpaired) electrons. The molecule has 0 aliphatic rings. The highest BCUT2D eigenvalue weighted by molar-refractivity contribution is 7.53. The highest BCUT2D eigenvalue weighted by Crippen LogP contribution is 2.48. The lowest BCUT2D eigenvalue weighted by Gasteiger charge is -2.34. The average molecular weight is 824 g/mol. The van der Waals surface area contributed by atoms with E-state index in [1.807, 2.05) is 105 Å². The summed E-state index contributed by atoms with van der Waals surface area (Å²) < 4.78 is 23.9. The number of carbonyl (C=O) groups excluding carboxylic acids is 3. The first-order chi connectivity index (χ1) is 28.5. The number of alkyl carbamates (subject to hydrolysis) is 1. The highest BCUT2D eigenvalue weighted by atomic mass is 31.1. The van der Waals surface area contributed by atoms with Crippen LogP contribution in [0.25, 0.3) is 11.3 Å². The Morgan fingerprint density at radius 1 is 0.780 bits per heavy atom. The second-order valence-corrected chi connectivity index (χ2v) is 16.3. The number of carbonyl (C=O) groups is 4. The molecule has 0 fully saturated rings. The number of phenolic OH excluding ortho intramolecular Hbond substituents is 1. The second-order valence-electron chi connectivity index (χ2n) is 14.3. The number of ether oxygens (including phenoxy) is 2. The number of esters is 1. The van der Waals surface area contributed by atoms with Gasteiger partial charge in [0.15, 0.2) is 0 Å². The van der Waals surface area contributed by atoms with E-state index in [4.69, 9.17) is 18.5 Å². The molecule has 0 aliphatic heterocycles. The molecule has 5 aromatic rings. The zero-order valence-electron chi connectivity index (χ0n) is 33.2. The van der Waals surface area contributed by atoms with Gasteiger partial charge in [0.2, 0.25) is 12.2 Å². The van der Waals surface area contributed by atoms with Crippen LogP contribution in [0.4, 0.5) is 4.79 Å². The molecule has 1 heterocycles. The maximum Gasteiger partial charge on any atom is 0.408 e. The minimum Gasteiger partial charge on any atom is -0.508 e. The second kappa shape index (κ2) is 22.2. The molecule has 2 amide bonds. The summed E-state index contributed by atoms with van der Waals surface area (Å²) in [4.78, 5) is 53.4. The third-order valence-electron chi connectivity index (χ3n) is 9.27. The van der Waals surface area contributed by atoms with E-state index in [-0.39, 0.29) is 50.1 Å². The lowest BCUT2D eigenvalue weighted by atomic mass is 10.0. The van der Waals surface area contributed by atoms with Crippen LogP contribution in [0.3, 0.4) is 0 Å². The first-order valence-electron chi connectivity index (χ1n) is 19.4. The molecule has 14 heteroatoms. The van der Waals surface area contributed by atoms with E-state index >= 15 is 0 Å². The van der Waals surface area contributed by atoms with E-state index in [0.717, 1.165) is 16.7 Å². The number of hydrogen-bond donors (Lipinski definition) is 4. The van der Waals surface area contributed by atoms with Crippen molar-refractivity contribution < 1.29 is 47.9 Å². The van der Waals surface area contributed by atoms with Gasteiger partial charge in [-0.2, -0.15) is 0 Å². The quantitative estimate of drug-likeness (QED) is 0.0321. The molecule has 0 saturated heterocycles. The van der Waals surface area contributed by atoms with E-state index in [1.54, 1.807) is 25.1 Å². The van der Waals surface area contributed by atoms with Crippen molar-refractivity contribution in [2.45, 2.75) is 71.2 Å². The number of aliphatic carboxylic acids is 1. The van der Waals surface area contributed by atoms with E-state index in [9.17, 15) is 29.4 Å². The van der Waals surface area contributed by atoms with E-state index in [1.165, 1.54) is 12.1 Å². The summed E-state index contributed by atoms with van der Waals surface area (Å²) in [7, 11) is -1.94. The third kappa shape index (κ3) is 14.1. The number of aromatic hydroxyl groups is 1. The molecular formula is C45H50N3O10P. The van der Waals surface area contributed by atoms with Crippen LogP contribution in [0.5, 0.6) is 5.75 Å². The maximum atomic E-state index is 14.5. The number of rotatable bonds is 21. The predicted octanol–water partition coefficient (Wildman–Crippen LogP) is 7.86. The smallest absolute Gasteiger partial charge is 0.408 e. The van der Waals surface area contributed by atoms with E-state index in [2.05, 4.69) is 15.8 Å². The Morgan fingerprint density at radius 2 is 1.39 bits per heavy atom. The molecule has 5 atom stereocenters. The zero-order chi connectivity index (χ0) is 42.1. The number of phenols is 1. The van der Waals surface area contributed by atoms with Gasteiger partial charge in [0.05, 0.1) is 19.8 Å². The molecule has 0 spiro atoms. The van der Waals surface area contributed by atoms with Gasteiger partial charge in [0.1, 0.15) is 29.9 Å². The Labute approximate surface area is 344 Å². The van der Waals surface area contributed by atoms with Crippen molar-refractivity contribution >= 4 is 32.1 Å². The van der Waals surface area contributed by atoms with Gasteiger partial charge in [-0.25, -0.2) is 9.59 Å². The number of nitrogens with zero attached hydrogens (tertiary/aromatic N) is 1. The molecule has 0 aliphatic carbocycles. The fourth-order valence-electron chi connectivity index (χ4n) is 6.04. The van der Waals surface area contributed by atoms with E-state index < -0.39 is 56.1 Å². The van der Waals surface area contributed by atoms with Crippen molar-refractivity contribution in [2.75, 3.05) is 6.16 Å². The third-order valence-corrected chi connectivity index (χ3v) is 11.6. The van der Waals surface area contributed by atoms with Gasteiger partial charge in [0, 0.05) is 43.0 Å². The van der Waals surface area contributed by atoms with Gasteiger partial charge in [-0.05, 0) is 35.2 Å². The van der Waals surface area contributed by atoms with Gasteiger partial charge in [0.25, 0.3) is 0 Å². The Hall–Kier alpha value is -6.04. The lowest BCUT2D eigenvalue weighted by Crippen LogP contribution is -2.46. The number of aromatic nitrogens is 1. The minimum absolute atomic E-state index is 0.00409. The number of benzene rings is 4. The van der Waals surface area contributed by atoms with Crippen molar-refractivity contribution in [3.8, 4) is 17.0 Å². The van der Waals surface area contributed by atoms with Crippen LogP contribution in [0.15, 0.2) is 126 Å². The average Bonchev–Trinajstić information content (AvgIpc) is 3.71. The fourth-order valence-corrected chi connectivity index (χ4v) is 8.48. The van der Waals surface area contributed by atoms with Crippen LogP contribution in [0.1, 0.15) is 49.6 Å². The molecule has 0 saturated carbocycles. The molecule has 310 valence electrons. The largest absolute Gasteiger partial charge is 0.508 e. The van der Waals surface area contributed by atoms with Crippen molar-refractivity contribution in [2.24, 2.45) is 11.8 Å². The van der Waals surface area contributed by atoms with Crippen molar-refractivity contribution in [3.63, 3.8) is 0 Å². The molecule has 5 rings (SSSR count). The minimum atomic E-state index is -1.94. The van der Waals surface area contributed by atoms with Crippen LogP contribution in [0.2, 0.25) is 0 Å². The van der Waals surface area contributed by atoms with E-state index in [0.29, 0.717) is 17.0 Å². The first-order valence-corrected chi connectivity index (χ1v) is 20.9. The van der Waals surface area contributed by atoms with Crippen LogP contribution >= 0.6 is 8.15 Å². The molecule has 3 unspecified atom stereocenters. The van der Waals surface area contributed by atoms with Gasteiger partial charge in [-0.3, -0.25) is 9.59 Å². The van der Waals surface area contributed by atoms with Gasteiger partial charge < -0.3 is 39.4 Å². The molecule has 4 aromatic carbocycles. The number of amides is 2. The van der Waals surface area contributed by atoms with Gasteiger partial charge in [-0.15, -0.1) is 0 Å². The van der Waals surface area contributed by atoms with Crippen molar-refractivity contribution in [1.82, 2.24) is 15.8 Å². The summed E-state index contributed by atoms with van der Waals surface area (Å²) in [5, 5.41) is 30.0. The summed E-state index contributed by atoms with van der Waals surface area (Å²) >= 11 is 0. The SMILES string of the molecule is CCC(=O)OC(OP(C[C@@H](Cc1cc(-c2ccccc2)no1)C(=O)NC(Cc1ccc(O)cc1)C(=O)O)[C@H](Cc1ccccc1)NC(=O)OCc1ccccc1)C(C)C. The zero-order valence-corrected chi connectivity index (χ0v) is 34.1. The Bertz CT molecular complexity index is 2080. The maximum absolute atomic E-state index is 14.5. The monoisotopic (exact) mass is 823 g/mol. The predicted molar refractivity (Wildman–Crippen MR) is 222 cm³/mol.